The van der Waals surface area contributed by atoms with E-state index in [1.54, 1.807) is 0 Å². The van der Waals surface area contributed by atoms with Crippen LogP contribution in [-0.2, 0) is 6.54 Å². The standard InChI is InChI=1S/C13H22N2/c1-10(2)9-15(4)13-7-11(3)5-6-12(13)8-14/h5-7,10H,8-9,14H2,1-4H3. The molecule has 0 aliphatic carbocycles. The zero-order valence-corrected chi connectivity index (χ0v) is 10.2. The summed E-state index contributed by atoms with van der Waals surface area (Å²) < 4.78 is 0. The first-order valence-corrected chi connectivity index (χ1v) is 5.55. The van der Waals surface area contributed by atoms with E-state index >= 15 is 0 Å². The molecule has 2 N–H and O–H groups in total. The number of hydrogen-bond acceptors (Lipinski definition) is 2. The van der Waals surface area contributed by atoms with Gasteiger partial charge in [-0.25, -0.2) is 0 Å². The van der Waals surface area contributed by atoms with Gasteiger partial charge in [-0.15, -0.1) is 0 Å². The fourth-order valence-electron chi connectivity index (χ4n) is 1.85. The monoisotopic (exact) mass is 206 g/mol. The van der Waals surface area contributed by atoms with Crippen molar-refractivity contribution in [3.8, 4) is 0 Å². The predicted octanol–water partition coefficient (Wildman–Crippen LogP) is 2.55. The third-order valence-electron chi connectivity index (χ3n) is 2.51. The fourth-order valence-corrected chi connectivity index (χ4v) is 1.85. The highest BCUT2D eigenvalue weighted by molar-refractivity contribution is 5.54. The maximum absolute atomic E-state index is 5.74. The molecule has 0 fully saturated rings. The fraction of sp³-hybridized carbons (Fsp3) is 0.538. The van der Waals surface area contributed by atoms with Gasteiger partial charge in [-0.3, -0.25) is 0 Å². The van der Waals surface area contributed by atoms with Crippen LogP contribution in [0.2, 0.25) is 0 Å². The van der Waals surface area contributed by atoms with Crippen molar-refractivity contribution >= 4 is 5.69 Å². The molecule has 0 amide bonds. The average molecular weight is 206 g/mol. The Kier molecular flexibility index (Phi) is 4.15. The van der Waals surface area contributed by atoms with Gasteiger partial charge in [0.1, 0.15) is 0 Å². The Hall–Kier alpha value is -1.02. The van der Waals surface area contributed by atoms with Crippen LogP contribution in [0.25, 0.3) is 0 Å². The number of benzene rings is 1. The zero-order chi connectivity index (χ0) is 11.4. The summed E-state index contributed by atoms with van der Waals surface area (Å²) in [6, 6.07) is 6.46. The van der Waals surface area contributed by atoms with Gasteiger partial charge in [0, 0.05) is 25.8 Å². The summed E-state index contributed by atoms with van der Waals surface area (Å²) in [7, 11) is 2.13. The number of nitrogens with zero attached hydrogens (tertiary/aromatic N) is 1. The summed E-state index contributed by atoms with van der Waals surface area (Å²) in [5, 5.41) is 0. The number of aryl methyl sites for hydroxylation is 1. The largest absolute Gasteiger partial charge is 0.374 e. The van der Waals surface area contributed by atoms with Crippen molar-refractivity contribution in [1.29, 1.82) is 0 Å². The lowest BCUT2D eigenvalue weighted by Crippen LogP contribution is -2.24. The second-order valence-corrected chi connectivity index (χ2v) is 4.61. The maximum atomic E-state index is 5.74. The molecule has 84 valence electrons. The highest BCUT2D eigenvalue weighted by atomic mass is 15.1. The lowest BCUT2D eigenvalue weighted by atomic mass is 10.1. The van der Waals surface area contributed by atoms with Crippen molar-refractivity contribution < 1.29 is 0 Å². The molecule has 0 saturated carbocycles. The van der Waals surface area contributed by atoms with Gasteiger partial charge >= 0.3 is 0 Å². The highest BCUT2D eigenvalue weighted by Gasteiger charge is 2.07. The van der Waals surface area contributed by atoms with Gasteiger partial charge < -0.3 is 10.6 Å². The first-order valence-electron chi connectivity index (χ1n) is 5.55. The first-order chi connectivity index (χ1) is 7.04. The molecule has 0 radical (unpaired) electrons. The Balaban J connectivity index is 2.94. The molecule has 0 aliphatic heterocycles. The van der Waals surface area contributed by atoms with Crippen LogP contribution in [0, 0.1) is 12.8 Å². The van der Waals surface area contributed by atoms with Crippen LogP contribution in [-0.4, -0.2) is 13.6 Å². The van der Waals surface area contributed by atoms with E-state index in [2.05, 4.69) is 50.9 Å². The van der Waals surface area contributed by atoms with Crippen LogP contribution < -0.4 is 10.6 Å². The Labute approximate surface area is 93.1 Å². The smallest absolute Gasteiger partial charge is 0.0411 e. The molecule has 1 aromatic carbocycles. The minimum Gasteiger partial charge on any atom is -0.374 e. The second-order valence-electron chi connectivity index (χ2n) is 4.61. The van der Waals surface area contributed by atoms with Crippen molar-refractivity contribution in [2.24, 2.45) is 11.7 Å². The molecule has 0 saturated heterocycles. The molecule has 0 aliphatic rings. The summed E-state index contributed by atoms with van der Waals surface area (Å²) in [4.78, 5) is 2.29. The minimum absolute atomic E-state index is 0.609. The quantitative estimate of drug-likeness (QED) is 0.820. The molecule has 0 spiro atoms. The molecule has 0 bridgehead atoms. The second kappa shape index (κ2) is 5.17. The number of hydrogen-bond donors (Lipinski definition) is 1. The van der Waals surface area contributed by atoms with E-state index in [9.17, 15) is 0 Å². The van der Waals surface area contributed by atoms with E-state index in [0.29, 0.717) is 12.5 Å². The Morgan fingerprint density at radius 1 is 1.33 bits per heavy atom. The summed E-state index contributed by atoms with van der Waals surface area (Å²) >= 11 is 0. The molecule has 15 heavy (non-hydrogen) atoms. The molecule has 0 unspecified atom stereocenters. The summed E-state index contributed by atoms with van der Waals surface area (Å²) in [5.41, 5.74) is 9.53. The van der Waals surface area contributed by atoms with Crippen molar-refractivity contribution in [2.45, 2.75) is 27.3 Å². The van der Waals surface area contributed by atoms with Gasteiger partial charge in [0.25, 0.3) is 0 Å². The third kappa shape index (κ3) is 3.24. The Bertz CT molecular complexity index is 318. The van der Waals surface area contributed by atoms with Gasteiger partial charge in [-0.1, -0.05) is 26.0 Å². The van der Waals surface area contributed by atoms with Crippen LogP contribution in [0.3, 0.4) is 0 Å². The summed E-state index contributed by atoms with van der Waals surface area (Å²) in [6.07, 6.45) is 0. The highest BCUT2D eigenvalue weighted by Crippen LogP contribution is 2.21. The van der Waals surface area contributed by atoms with Crippen molar-refractivity contribution in [3.05, 3.63) is 29.3 Å². The number of anilines is 1. The SMILES string of the molecule is Cc1ccc(CN)c(N(C)CC(C)C)c1. The molecule has 0 atom stereocenters. The van der Waals surface area contributed by atoms with Crippen LogP contribution in [0.4, 0.5) is 5.69 Å². The van der Waals surface area contributed by atoms with E-state index in [1.165, 1.54) is 16.8 Å². The van der Waals surface area contributed by atoms with Crippen molar-refractivity contribution in [3.63, 3.8) is 0 Å². The molecule has 2 nitrogen and oxygen atoms in total. The van der Waals surface area contributed by atoms with E-state index in [0.717, 1.165) is 6.54 Å². The average Bonchev–Trinajstić information content (AvgIpc) is 2.16. The lowest BCUT2D eigenvalue weighted by molar-refractivity contribution is 0.637. The van der Waals surface area contributed by atoms with E-state index in [1.807, 2.05) is 0 Å². The van der Waals surface area contributed by atoms with Gasteiger partial charge in [0.2, 0.25) is 0 Å². The molecule has 1 aromatic rings. The number of nitrogens with two attached hydrogens (primary N) is 1. The summed E-state index contributed by atoms with van der Waals surface area (Å²) in [5.74, 6) is 0.668. The van der Waals surface area contributed by atoms with Crippen LogP contribution in [0.15, 0.2) is 18.2 Å². The zero-order valence-electron chi connectivity index (χ0n) is 10.2. The topological polar surface area (TPSA) is 29.3 Å². The maximum Gasteiger partial charge on any atom is 0.0411 e. The molecule has 1 rings (SSSR count). The molecule has 0 aromatic heterocycles. The van der Waals surface area contributed by atoms with E-state index in [4.69, 9.17) is 5.73 Å². The van der Waals surface area contributed by atoms with Crippen LogP contribution >= 0.6 is 0 Å². The first kappa shape index (κ1) is 12.1. The summed E-state index contributed by atoms with van der Waals surface area (Å²) in [6.45, 7) is 8.25. The Morgan fingerprint density at radius 2 is 2.00 bits per heavy atom. The van der Waals surface area contributed by atoms with Crippen molar-refractivity contribution in [2.75, 3.05) is 18.5 Å². The minimum atomic E-state index is 0.609. The van der Waals surface area contributed by atoms with E-state index in [-0.39, 0.29) is 0 Å². The lowest BCUT2D eigenvalue weighted by Gasteiger charge is -2.24. The van der Waals surface area contributed by atoms with Gasteiger partial charge in [-0.2, -0.15) is 0 Å². The third-order valence-corrected chi connectivity index (χ3v) is 2.51. The Morgan fingerprint density at radius 3 is 2.53 bits per heavy atom. The molecule has 0 heterocycles. The van der Waals surface area contributed by atoms with Gasteiger partial charge in [0.05, 0.1) is 0 Å². The normalized spacial score (nSPS) is 10.8. The van der Waals surface area contributed by atoms with Gasteiger partial charge in [0.15, 0.2) is 0 Å². The molecular formula is C13H22N2. The van der Waals surface area contributed by atoms with Crippen LogP contribution in [0.1, 0.15) is 25.0 Å². The molecular weight excluding hydrogens is 184 g/mol. The van der Waals surface area contributed by atoms with E-state index < -0.39 is 0 Å². The van der Waals surface area contributed by atoms with Gasteiger partial charge in [-0.05, 0) is 30.0 Å². The van der Waals surface area contributed by atoms with Crippen molar-refractivity contribution in [1.82, 2.24) is 0 Å². The predicted molar refractivity (Wildman–Crippen MR) is 67.2 cm³/mol. The molecule has 2 heteroatoms. The van der Waals surface area contributed by atoms with Crippen LogP contribution in [0.5, 0.6) is 0 Å². The number of rotatable bonds is 4.